The van der Waals surface area contributed by atoms with Crippen molar-refractivity contribution in [2.45, 2.75) is 45.2 Å². The summed E-state index contributed by atoms with van der Waals surface area (Å²) in [6.07, 6.45) is 7.73. The summed E-state index contributed by atoms with van der Waals surface area (Å²) in [5.41, 5.74) is 8.90. The van der Waals surface area contributed by atoms with Gasteiger partial charge in [0.1, 0.15) is 28.7 Å². The fourth-order valence-electron chi connectivity index (χ4n) is 4.89. The molecule has 3 N–H and O–H groups in total. The number of nitrogens with one attached hydrogen (secondary N) is 1. The number of imidazole rings is 1. The Kier molecular flexibility index (Phi) is 6.56. The van der Waals surface area contributed by atoms with Gasteiger partial charge in [-0.3, -0.25) is 14.0 Å². The molecular weight excluding hydrogens is 466 g/mol. The van der Waals surface area contributed by atoms with Gasteiger partial charge in [-0.05, 0) is 63.3 Å². The first-order valence-corrected chi connectivity index (χ1v) is 12.2. The fraction of sp³-hybridized carbons (Fsp3) is 0.250. The van der Waals surface area contributed by atoms with Crippen molar-refractivity contribution in [3.8, 4) is 23.1 Å². The van der Waals surface area contributed by atoms with Crippen LogP contribution in [0.25, 0.3) is 16.8 Å². The summed E-state index contributed by atoms with van der Waals surface area (Å²) in [5.74, 6) is 6.50. The Morgan fingerprint density at radius 2 is 1.89 bits per heavy atom. The highest BCUT2D eigenvalue weighted by Crippen LogP contribution is 2.37. The molecule has 0 bridgehead atoms. The van der Waals surface area contributed by atoms with Gasteiger partial charge in [0, 0.05) is 35.8 Å². The Morgan fingerprint density at radius 3 is 2.62 bits per heavy atom. The number of likely N-dealkylation sites (tertiary alicyclic amines) is 1. The highest BCUT2D eigenvalue weighted by molar-refractivity contribution is 6.04. The number of nitrogens with two attached hydrogens (primary N) is 1. The number of aromatic nitrogens is 4. The van der Waals surface area contributed by atoms with Gasteiger partial charge in [0.2, 0.25) is 0 Å². The summed E-state index contributed by atoms with van der Waals surface area (Å²) in [6, 6.07) is 12.3. The molecule has 4 aromatic rings. The van der Waals surface area contributed by atoms with Crippen LogP contribution in [0, 0.1) is 11.8 Å². The van der Waals surface area contributed by atoms with E-state index in [4.69, 9.17) is 10.7 Å². The largest absolute Gasteiger partial charge is 0.382 e. The summed E-state index contributed by atoms with van der Waals surface area (Å²) in [4.78, 5) is 40.9. The predicted octanol–water partition coefficient (Wildman–Crippen LogP) is 4.09. The summed E-state index contributed by atoms with van der Waals surface area (Å²) < 4.78 is 1.92. The number of carbonyl (C=O) groups excluding carboxylic acids is 2. The second-order valence-corrected chi connectivity index (χ2v) is 8.98. The van der Waals surface area contributed by atoms with E-state index in [2.05, 4.69) is 27.1 Å². The van der Waals surface area contributed by atoms with Crippen molar-refractivity contribution in [1.82, 2.24) is 24.3 Å². The molecular formula is C28H27N7O2. The molecule has 1 aliphatic rings. The first-order valence-electron chi connectivity index (χ1n) is 12.2. The van der Waals surface area contributed by atoms with Crippen LogP contribution in [-0.2, 0) is 4.79 Å². The van der Waals surface area contributed by atoms with Crippen LogP contribution in [0.5, 0.6) is 0 Å². The molecule has 1 aliphatic heterocycles. The van der Waals surface area contributed by atoms with Gasteiger partial charge in [-0.2, -0.15) is 0 Å². The number of amides is 2. The average Bonchev–Trinajstić information content (AvgIpc) is 3.30. The minimum Gasteiger partial charge on any atom is -0.382 e. The molecule has 9 nitrogen and oxygen atoms in total. The van der Waals surface area contributed by atoms with Crippen LogP contribution in [0.1, 0.15) is 55.3 Å². The average molecular weight is 494 g/mol. The van der Waals surface area contributed by atoms with Crippen molar-refractivity contribution in [2.24, 2.45) is 0 Å². The molecule has 2 atom stereocenters. The molecule has 0 aliphatic carbocycles. The smallest absolute Gasteiger partial charge is 0.299 e. The molecule has 1 aromatic carbocycles. The zero-order chi connectivity index (χ0) is 25.9. The van der Waals surface area contributed by atoms with Crippen LogP contribution in [0.4, 0.5) is 11.6 Å². The maximum absolute atomic E-state index is 12.9. The number of anilines is 2. The summed E-state index contributed by atoms with van der Waals surface area (Å²) in [6.45, 7) is 3.71. The molecule has 2 amide bonds. The second kappa shape index (κ2) is 10.1. The molecule has 0 saturated carbocycles. The lowest BCUT2D eigenvalue weighted by atomic mass is 9.95. The van der Waals surface area contributed by atoms with Crippen molar-refractivity contribution < 1.29 is 9.59 Å². The highest BCUT2D eigenvalue weighted by atomic mass is 16.2. The normalized spacial score (nSPS) is 17.2. The number of nitrogen functional groups attached to an aromatic ring is 1. The molecule has 9 heteroatoms. The number of benzene rings is 1. The number of carbonyl (C=O) groups is 2. The van der Waals surface area contributed by atoms with Crippen molar-refractivity contribution in [3.63, 3.8) is 0 Å². The Morgan fingerprint density at radius 1 is 1.08 bits per heavy atom. The third-order valence-electron chi connectivity index (χ3n) is 6.61. The van der Waals surface area contributed by atoms with Crippen molar-refractivity contribution in [1.29, 1.82) is 0 Å². The lowest BCUT2D eigenvalue weighted by Crippen LogP contribution is -2.44. The standard InChI is InChI=1S/C28H27N7O2/c1-3-7-23(36)35-18(2)8-6-9-21(35)27-33-24(25-26(29)31-16-17-34(25)27)19-11-13-20(14-12-19)28(37)32-22-10-4-5-15-30-22/h4-5,10-18,21H,6,8-9H2,1-2H3,(H2,29,31)(H,30,32,37)/t18-,21-/m0/s1. The van der Waals surface area contributed by atoms with E-state index in [0.717, 1.165) is 24.8 Å². The van der Waals surface area contributed by atoms with E-state index < -0.39 is 0 Å². The van der Waals surface area contributed by atoms with E-state index in [1.165, 1.54) is 0 Å². The number of piperidine rings is 1. The Labute approximate surface area is 214 Å². The molecule has 4 heterocycles. The minimum atomic E-state index is -0.260. The topological polar surface area (TPSA) is 119 Å². The van der Waals surface area contributed by atoms with Gasteiger partial charge < -0.3 is 16.0 Å². The molecule has 1 saturated heterocycles. The van der Waals surface area contributed by atoms with E-state index in [0.29, 0.717) is 34.2 Å². The number of nitrogens with zero attached hydrogens (tertiary/aromatic N) is 5. The summed E-state index contributed by atoms with van der Waals surface area (Å²) >= 11 is 0. The number of hydrogen-bond acceptors (Lipinski definition) is 6. The van der Waals surface area contributed by atoms with E-state index >= 15 is 0 Å². The Balaban J connectivity index is 1.53. The van der Waals surface area contributed by atoms with Gasteiger partial charge in [-0.1, -0.05) is 24.1 Å². The Bertz CT molecular complexity index is 1520. The van der Waals surface area contributed by atoms with E-state index in [1.807, 2.05) is 40.6 Å². The first-order chi connectivity index (χ1) is 18.0. The molecule has 0 radical (unpaired) electrons. The molecule has 5 rings (SSSR count). The van der Waals surface area contributed by atoms with Gasteiger partial charge in [0.25, 0.3) is 11.8 Å². The van der Waals surface area contributed by atoms with E-state index in [-0.39, 0.29) is 23.9 Å². The van der Waals surface area contributed by atoms with E-state index in [9.17, 15) is 9.59 Å². The molecule has 0 unspecified atom stereocenters. The first kappa shape index (κ1) is 24.0. The molecule has 3 aromatic heterocycles. The zero-order valence-corrected chi connectivity index (χ0v) is 20.7. The van der Waals surface area contributed by atoms with Crippen molar-refractivity contribution in [2.75, 3.05) is 11.1 Å². The molecule has 186 valence electrons. The monoisotopic (exact) mass is 493 g/mol. The number of rotatable bonds is 4. The van der Waals surface area contributed by atoms with Gasteiger partial charge in [0.05, 0.1) is 6.04 Å². The summed E-state index contributed by atoms with van der Waals surface area (Å²) in [5, 5.41) is 2.78. The van der Waals surface area contributed by atoms with Crippen LogP contribution < -0.4 is 11.1 Å². The third-order valence-corrected chi connectivity index (χ3v) is 6.61. The van der Waals surface area contributed by atoms with Crippen molar-refractivity contribution in [3.05, 3.63) is 72.4 Å². The molecule has 37 heavy (non-hydrogen) atoms. The minimum absolute atomic E-state index is 0.0407. The van der Waals surface area contributed by atoms with Crippen LogP contribution >= 0.6 is 0 Å². The maximum atomic E-state index is 12.9. The van der Waals surface area contributed by atoms with Crippen LogP contribution in [0.2, 0.25) is 0 Å². The quantitative estimate of drug-likeness (QED) is 0.414. The number of hydrogen-bond donors (Lipinski definition) is 2. The van der Waals surface area contributed by atoms with Crippen LogP contribution in [0.15, 0.2) is 61.1 Å². The van der Waals surface area contributed by atoms with Gasteiger partial charge in [-0.25, -0.2) is 15.0 Å². The summed E-state index contributed by atoms with van der Waals surface area (Å²) in [7, 11) is 0. The van der Waals surface area contributed by atoms with E-state index in [1.54, 1.807) is 43.6 Å². The van der Waals surface area contributed by atoms with Gasteiger partial charge in [0.15, 0.2) is 0 Å². The SMILES string of the molecule is CC#CC(=O)N1[C@@H](C)CCC[C@H]1c1nc(-c2ccc(C(=O)Nc3ccccn3)cc2)c2c(N)nccn12. The number of fused-ring (bicyclic) bond motifs is 1. The number of pyridine rings is 1. The van der Waals surface area contributed by atoms with Gasteiger partial charge in [-0.15, -0.1) is 0 Å². The molecule has 0 spiro atoms. The third kappa shape index (κ3) is 4.61. The van der Waals surface area contributed by atoms with Crippen LogP contribution in [-0.4, -0.2) is 42.1 Å². The molecule has 1 fully saturated rings. The second-order valence-electron chi connectivity index (χ2n) is 8.98. The van der Waals surface area contributed by atoms with Crippen molar-refractivity contribution >= 4 is 29.0 Å². The lowest BCUT2D eigenvalue weighted by molar-refractivity contribution is -0.131. The Hall–Kier alpha value is -4.71. The maximum Gasteiger partial charge on any atom is 0.299 e. The lowest BCUT2D eigenvalue weighted by Gasteiger charge is -2.38. The zero-order valence-electron chi connectivity index (χ0n) is 20.7. The fourth-order valence-corrected chi connectivity index (χ4v) is 4.89. The van der Waals surface area contributed by atoms with Crippen LogP contribution in [0.3, 0.4) is 0 Å². The predicted molar refractivity (Wildman–Crippen MR) is 141 cm³/mol. The van der Waals surface area contributed by atoms with Gasteiger partial charge >= 0.3 is 0 Å². The highest BCUT2D eigenvalue weighted by Gasteiger charge is 2.35.